The summed E-state index contributed by atoms with van der Waals surface area (Å²) in [4.78, 5) is 0.192. The Balaban J connectivity index is 2.31. The van der Waals surface area contributed by atoms with Crippen LogP contribution in [0.2, 0.25) is 0 Å². The van der Waals surface area contributed by atoms with Crippen LogP contribution in [-0.4, -0.2) is 34.4 Å². The maximum atomic E-state index is 12.5. The van der Waals surface area contributed by atoms with E-state index in [1.165, 1.54) is 0 Å². The second kappa shape index (κ2) is 6.04. The monoisotopic (exact) mass is 332 g/mol. The van der Waals surface area contributed by atoms with Crippen molar-refractivity contribution < 1.29 is 16.8 Å². The molecule has 1 fully saturated rings. The van der Waals surface area contributed by atoms with Crippen LogP contribution in [0.4, 0.5) is 0 Å². The number of nitrogens with one attached hydrogen (secondary N) is 1. The fourth-order valence-corrected chi connectivity index (χ4v) is 5.85. The maximum Gasteiger partial charge on any atom is 0.241 e. The van der Waals surface area contributed by atoms with Crippen molar-refractivity contribution >= 4 is 19.9 Å². The second-order valence-corrected chi connectivity index (χ2v) is 9.13. The molecule has 1 atom stereocenters. The molecule has 0 radical (unpaired) electrons. The second-order valence-electron chi connectivity index (χ2n) is 5.22. The number of nitrogens with two attached hydrogens (primary N) is 1. The highest BCUT2D eigenvalue weighted by molar-refractivity contribution is 7.92. The van der Waals surface area contributed by atoms with Gasteiger partial charge in [0.1, 0.15) is 0 Å². The largest absolute Gasteiger partial charge is 0.326 e. The van der Waals surface area contributed by atoms with E-state index in [9.17, 15) is 16.8 Å². The molecular formula is C13H20N2O4S2. The summed E-state index contributed by atoms with van der Waals surface area (Å²) in [5.41, 5.74) is 6.98. The number of sulfonamides is 1. The highest BCUT2D eigenvalue weighted by Gasteiger charge is 2.32. The summed E-state index contributed by atoms with van der Waals surface area (Å²) in [5, 5.41) is 0. The topological polar surface area (TPSA) is 106 Å². The molecule has 118 valence electrons. The van der Waals surface area contributed by atoms with Crippen molar-refractivity contribution in [3.05, 3.63) is 29.3 Å². The van der Waals surface area contributed by atoms with Gasteiger partial charge in [0.15, 0.2) is 9.84 Å². The zero-order chi connectivity index (χ0) is 15.7. The highest BCUT2D eigenvalue weighted by Crippen LogP contribution is 2.21. The minimum atomic E-state index is -3.74. The van der Waals surface area contributed by atoms with E-state index in [4.69, 9.17) is 5.73 Å². The Labute approximate surface area is 125 Å². The van der Waals surface area contributed by atoms with Crippen molar-refractivity contribution in [2.75, 3.05) is 11.5 Å². The van der Waals surface area contributed by atoms with Gasteiger partial charge in [-0.3, -0.25) is 0 Å². The predicted octanol–water partition coefficient (Wildman–Crippen LogP) is 0.173. The van der Waals surface area contributed by atoms with Gasteiger partial charge in [-0.05, 0) is 30.0 Å². The lowest BCUT2D eigenvalue weighted by Gasteiger charge is -2.15. The molecule has 6 nitrogen and oxygen atoms in total. The van der Waals surface area contributed by atoms with Crippen molar-refractivity contribution in [2.45, 2.75) is 37.2 Å². The Morgan fingerprint density at radius 1 is 1.38 bits per heavy atom. The standard InChI is InChI=1S/C13H20N2O4S2/c1-2-11-4-3-10(8-14)7-13(11)21(18,19)15-12-5-6-20(16,17)9-12/h3-4,7,12,15H,2,5-6,8-9,14H2,1H3. The molecule has 1 saturated heterocycles. The fourth-order valence-electron chi connectivity index (χ4n) is 2.44. The lowest BCUT2D eigenvalue weighted by Crippen LogP contribution is -2.36. The van der Waals surface area contributed by atoms with Crippen molar-refractivity contribution in [3.8, 4) is 0 Å². The van der Waals surface area contributed by atoms with Crippen LogP contribution in [0.15, 0.2) is 23.1 Å². The first-order valence-electron chi connectivity index (χ1n) is 6.82. The first-order valence-corrected chi connectivity index (χ1v) is 10.1. The summed E-state index contributed by atoms with van der Waals surface area (Å²) in [7, 11) is -6.86. The Bertz CT molecular complexity index is 727. The first-order chi connectivity index (χ1) is 9.77. The third kappa shape index (κ3) is 3.82. The van der Waals surface area contributed by atoms with Gasteiger partial charge >= 0.3 is 0 Å². The zero-order valence-corrected chi connectivity index (χ0v) is 13.5. The van der Waals surface area contributed by atoms with Gasteiger partial charge in [0.05, 0.1) is 16.4 Å². The molecule has 2 rings (SSSR count). The molecule has 21 heavy (non-hydrogen) atoms. The van der Waals surface area contributed by atoms with E-state index in [-0.39, 0.29) is 22.9 Å². The quantitative estimate of drug-likeness (QED) is 0.799. The number of aryl methyl sites for hydroxylation is 1. The first kappa shape index (κ1) is 16.4. The molecule has 1 unspecified atom stereocenters. The third-order valence-electron chi connectivity index (χ3n) is 3.59. The normalized spacial score (nSPS) is 21.5. The van der Waals surface area contributed by atoms with E-state index in [0.717, 1.165) is 5.56 Å². The number of hydrogen-bond donors (Lipinski definition) is 2. The van der Waals surface area contributed by atoms with Crippen molar-refractivity contribution in [1.29, 1.82) is 0 Å². The Kier molecular flexibility index (Phi) is 4.72. The lowest BCUT2D eigenvalue weighted by atomic mass is 10.1. The van der Waals surface area contributed by atoms with Crippen molar-refractivity contribution in [3.63, 3.8) is 0 Å². The van der Waals surface area contributed by atoms with Crippen LogP contribution in [0, 0.1) is 0 Å². The number of benzene rings is 1. The van der Waals surface area contributed by atoms with E-state index in [0.29, 0.717) is 18.4 Å². The molecule has 1 aliphatic heterocycles. The minimum absolute atomic E-state index is 0.0314. The van der Waals surface area contributed by atoms with Crippen LogP contribution >= 0.6 is 0 Å². The van der Waals surface area contributed by atoms with Crippen LogP contribution in [0.25, 0.3) is 0 Å². The van der Waals surface area contributed by atoms with E-state index in [1.54, 1.807) is 18.2 Å². The Morgan fingerprint density at radius 2 is 2.10 bits per heavy atom. The van der Waals surface area contributed by atoms with Crippen LogP contribution in [0.1, 0.15) is 24.5 Å². The number of hydrogen-bond acceptors (Lipinski definition) is 5. The van der Waals surface area contributed by atoms with Gasteiger partial charge < -0.3 is 5.73 Å². The molecule has 0 aromatic heterocycles. The van der Waals surface area contributed by atoms with E-state index >= 15 is 0 Å². The van der Waals surface area contributed by atoms with Gasteiger partial charge in [-0.2, -0.15) is 0 Å². The molecular weight excluding hydrogens is 312 g/mol. The van der Waals surface area contributed by atoms with Crippen LogP contribution in [-0.2, 0) is 32.8 Å². The SMILES string of the molecule is CCc1ccc(CN)cc1S(=O)(=O)NC1CCS(=O)(=O)C1. The van der Waals surface area contributed by atoms with Gasteiger partial charge in [-0.25, -0.2) is 21.6 Å². The van der Waals surface area contributed by atoms with E-state index < -0.39 is 25.9 Å². The van der Waals surface area contributed by atoms with E-state index in [2.05, 4.69) is 4.72 Å². The molecule has 0 spiro atoms. The average Bonchev–Trinajstić information content (AvgIpc) is 2.76. The average molecular weight is 332 g/mol. The van der Waals surface area contributed by atoms with Crippen LogP contribution in [0.5, 0.6) is 0 Å². The molecule has 0 saturated carbocycles. The smallest absolute Gasteiger partial charge is 0.241 e. The molecule has 0 amide bonds. The molecule has 0 aliphatic carbocycles. The van der Waals surface area contributed by atoms with Crippen LogP contribution in [0.3, 0.4) is 0 Å². The molecule has 8 heteroatoms. The summed E-state index contributed by atoms with van der Waals surface area (Å²) in [6, 6.07) is 4.57. The third-order valence-corrected chi connectivity index (χ3v) is 6.96. The molecule has 3 N–H and O–H groups in total. The van der Waals surface area contributed by atoms with Gasteiger partial charge in [0, 0.05) is 12.6 Å². The fraction of sp³-hybridized carbons (Fsp3) is 0.538. The summed E-state index contributed by atoms with van der Waals surface area (Å²) >= 11 is 0. The van der Waals surface area contributed by atoms with Crippen LogP contribution < -0.4 is 10.5 Å². The van der Waals surface area contributed by atoms with Crippen molar-refractivity contribution in [1.82, 2.24) is 4.72 Å². The zero-order valence-electron chi connectivity index (χ0n) is 11.9. The summed E-state index contributed by atoms with van der Waals surface area (Å²) < 4.78 is 50.4. The Hall–Kier alpha value is -0.960. The van der Waals surface area contributed by atoms with Gasteiger partial charge in [-0.1, -0.05) is 19.1 Å². The minimum Gasteiger partial charge on any atom is -0.326 e. The lowest BCUT2D eigenvalue weighted by molar-refractivity contribution is 0.561. The van der Waals surface area contributed by atoms with Gasteiger partial charge in [0.25, 0.3) is 0 Å². The predicted molar refractivity (Wildman–Crippen MR) is 81.1 cm³/mol. The molecule has 1 aliphatic rings. The number of rotatable bonds is 5. The maximum absolute atomic E-state index is 12.5. The Morgan fingerprint density at radius 3 is 2.62 bits per heavy atom. The molecule has 1 aromatic rings. The summed E-state index contributed by atoms with van der Waals surface area (Å²) in [6.45, 7) is 2.13. The van der Waals surface area contributed by atoms with Gasteiger partial charge in [-0.15, -0.1) is 0 Å². The number of sulfone groups is 1. The van der Waals surface area contributed by atoms with Gasteiger partial charge in [0.2, 0.25) is 10.0 Å². The molecule has 1 aromatic carbocycles. The van der Waals surface area contributed by atoms with Crippen molar-refractivity contribution in [2.24, 2.45) is 5.73 Å². The molecule has 1 heterocycles. The summed E-state index contributed by atoms with van der Waals surface area (Å²) in [5.74, 6) is -0.103. The highest BCUT2D eigenvalue weighted by atomic mass is 32.2. The summed E-state index contributed by atoms with van der Waals surface area (Å²) in [6.07, 6.45) is 0.893. The van der Waals surface area contributed by atoms with E-state index in [1.807, 2.05) is 6.92 Å². The molecule has 0 bridgehead atoms.